The van der Waals surface area contributed by atoms with Crippen molar-refractivity contribution in [3.8, 4) is 5.75 Å². The average Bonchev–Trinajstić information content (AvgIpc) is 2.75. The van der Waals surface area contributed by atoms with Crippen molar-refractivity contribution in [1.82, 2.24) is 4.98 Å². The number of nitrogen functional groups attached to an aromatic ring is 1. The van der Waals surface area contributed by atoms with Gasteiger partial charge in [-0.3, -0.25) is 0 Å². The first-order valence-corrected chi connectivity index (χ1v) is 8.06. The predicted octanol–water partition coefficient (Wildman–Crippen LogP) is 2.54. The first-order valence-electron chi connectivity index (χ1n) is 8.06. The van der Waals surface area contributed by atoms with E-state index in [1.165, 1.54) is 0 Å². The maximum Gasteiger partial charge on any atom is 0.496 e. The number of pyridine rings is 1. The molecule has 2 N–H and O–H groups in total. The molecule has 0 spiro atoms. The molecule has 24 heavy (non-hydrogen) atoms. The summed E-state index contributed by atoms with van der Waals surface area (Å²) in [6, 6.07) is 11.8. The summed E-state index contributed by atoms with van der Waals surface area (Å²) in [6.07, 6.45) is 1.67. The molecule has 1 saturated heterocycles. The highest BCUT2D eigenvalue weighted by Gasteiger charge is 2.51. The fraction of sp³-hybridized carbons (Fsp3) is 0.389. The van der Waals surface area contributed by atoms with Gasteiger partial charge in [0.05, 0.1) is 11.2 Å². The monoisotopic (exact) mass is 326 g/mol. The quantitative estimate of drug-likeness (QED) is 0.875. The van der Waals surface area contributed by atoms with E-state index >= 15 is 0 Å². The van der Waals surface area contributed by atoms with Crippen molar-refractivity contribution in [3.63, 3.8) is 0 Å². The Labute approximate surface area is 143 Å². The van der Waals surface area contributed by atoms with Crippen LogP contribution in [0.25, 0.3) is 0 Å². The zero-order valence-corrected chi connectivity index (χ0v) is 14.6. The maximum absolute atomic E-state index is 6.05. The van der Waals surface area contributed by atoms with Crippen LogP contribution in [0.15, 0.2) is 42.6 Å². The van der Waals surface area contributed by atoms with Crippen LogP contribution in [-0.2, 0) is 15.9 Å². The zero-order valence-electron chi connectivity index (χ0n) is 14.6. The van der Waals surface area contributed by atoms with E-state index in [1.54, 1.807) is 6.20 Å². The smallest absolute Gasteiger partial charge is 0.485 e. The van der Waals surface area contributed by atoms with Crippen LogP contribution in [-0.4, -0.2) is 23.3 Å². The van der Waals surface area contributed by atoms with Gasteiger partial charge in [-0.15, -0.1) is 0 Å². The minimum Gasteiger partial charge on any atom is -0.485 e. The van der Waals surface area contributed by atoms with E-state index in [0.29, 0.717) is 18.2 Å². The van der Waals surface area contributed by atoms with E-state index in [4.69, 9.17) is 19.8 Å². The Morgan fingerprint density at radius 3 is 2.33 bits per heavy atom. The molecule has 1 aromatic carbocycles. The van der Waals surface area contributed by atoms with Gasteiger partial charge in [0.1, 0.15) is 6.61 Å². The normalized spacial score (nSPS) is 18.6. The maximum atomic E-state index is 6.05. The Hall–Kier alpha value is -2.05. The molecule has 1 aliphatic rings. The van der Waals surface area contributed by atoms with Gasteiger partial charge in [0.25, 0.3) is 0 Å². The molecule has 0 atom stereocenters. The number of nitrogens with zero attached hydrogens (tertiary/aromatic N) is 1. The predicted molar refractivity (Wildman–Crippen MR) is 95.1 cm³/mol. The minimum atomic E-state index is -0.484. The van der Waals surface area contributed by atoms with Crippen molar-refractivity contribution in [3.05, 3.63) is 48.2 Å². The molecule has 126 valence electrons. The van der Waals surface area contributed by atoms with Crippen molar-refractivity contribution in [2.24, 2.45) is 0 Å². The number of rotatable bonds is 4. The third-order valence-electron chi connectivity index (χ3n) is 4.67. The fourth-order valence-corrected chi connectivity index (χ4v) is 2.43. The van der Waals surface area contributed by atoms with Crippen molar-refractivity contribution in [2.45, 2.75) is 45.5 Å². The van der Waals surface area contributed by atoms with Crippen molar-refractivity contribution in [1.29, 1.82) is 0 Å². The number of hydrogen-bond donors (Lipinski definition) is 1. The summed E-state index contributed by atoms with van der Waals surface area (Å²) in [5.74, 6) is 0.886. The SMILES string of the molecule is CC1(C)OB(c2cnc(N)c(OCc3ccccc3)c2)OC1(C)C. The van der Waals surface area contributed by atoms with Gasteiger partial charge in [0.15, 0.2) is 11.6 Å². The number of benzene rings is 1. The number of anilines is 1. The summed E-state index contributed by atoms with van der Waals surface area (Å²) in [5, 5.41) is 0. The van der Waals surface area contributed by atoms with E-state index in [-0.39, 0.29) is 0 Å². The fourth-order valence-electron chi connectivity index (χ4n) is 2.43. The van der Waals surface area contributed by atoms with Crippen LogP contribution in [0.2, 0.25) is 0 Å². The lowest BCUT2D eigenvalue weighted by Gasteiger charge is -2.32. The van der Waals surface area contributed by atoms with Gasteiger partial charge in [0, 0.05) is 11.7 Å². The Balaban J connectivity index is 1.77. The van der Waals surface area contributed by atoms with Crippen LogP contribution in [0.3, 0.4) is 0 Å². The summed E-state index contributed by atoms with van der Waals surface area (Å²) < 4.78 is 17.9. The lowest BCUT2D eigenvalue weighted by molar-refractivity contribution is 0.00578. The van der Waals surface area contributed by atoms with E-state index in [2.05, 4.69) is 4.98 Å². The van der Waals surface area contributed by atoms with Gasteiger partial charge in [-0.05, 0) is 39.3 Å². The second kappa shape index (κ2) is 6.11. The van der Waals surface area contributed by atoms with Gasteiger partial charge in [0.2, 0.25) is 0 Å². The van der Waals surface area contributed by atoms with E-state index in [9.17, 15) is 0 Å². The molecule has 2 aromatic rings. The molecule has 2 heterocycles. The number of hydrogen-bond acceptors (Lipinski definition) is 5. The standard InChI is InChI=1S/C18H23BN2O3/c1-17(2)18(3,4)24-19(23-17)14-10-15(16(20)21-11-14)22-12-13-8-6-5-7-9-13/h5-11H,12H2,1-4H3,(H2,20,21). The summed E-state index contributed by atoms with van der Waals surface area (Å²) in [6.45, 7) is 8.50. The van der Waals surface area contributed by atoms with Crippen LogP contribution in [0, 0.1) is 0 Å². The molecule has 0 unspecified atom stereocenters. The largest absolute Gasteiger partial charge is 0.496 e. The second-order valence-corrected chi connectivity index (χ2v) is 7.01. The lowest BCUT2D eigenvalue weighted by Crippen LogP contribution is -2.41. The van der Waals surface area contributed by atoms with Crippen LogP contribution < -0.4 is 15.9 Å². The van der Waals surface area contributed by atoms with Gasteiger partial charge >= 0.3 is 7.12 Å². The molecule has 1 aliphatic heterocycles. The number of ether oxygens (including phenoxy) is 1. The highest BCUT2D eigenvalue weighted by atomic mass is 16.7. The first kappa shape index (κ1) is 16.8. The molecular formula is C18H23BN2O3. The first-order chi connectivity index (χ1) is 11.3. The van der Waals surface area contributed by atoms with Crippen LogP contribution in [0.5, 0.6) is 5.75 Å². The Morgan fingerprint density at radius 1 is 1.08 bits per heavy atom. The molecule has 0 saturated carbocycles. The van der Waals surface area contributed by atoms with Gasteiger partial charge in [-0.1, -0.05) is 30.3 Å². The van der Waals surface area contributed by atoms with Crippen molar-refractivity contribution < 1.29 is 14.0 Å². The Bertz CT molecular complexity index is 703. The number of aromatic nitrogens is 1. The van der Waals surface area contributed by atoms with Gasteiger partial charge < -0.3 is 19.8 Å². The molecule has 0 radical (unpaired) electrons. The van der Waals surface area contributed by atoms with Crippen molar-refractivity contribution in [2.75, 3.05) is 5.73 Å². The molecule has 6 heteroatoms. The molecule has 0 bridgehead atoms. The molecule has 1 fully saturated rings. The van der Waals surface area contributed by atoms with Crippen molar-refractivity contribution >= 4 is 18.4 Å². The van der Waals surface area contributed by atoms with E-state index < -0.39 is 18.3 Å². The third kappa shape index (κ3) is 3.25. The topological polar surface area (TPSA) is 66.6 Å². The van der Waals surface area contributed by atoms with Gasteiger partial charge in [-0.2, -0.15) is 0 Å². The summed E-state index contributed by atoms with van der Waals surface area (Å²) in [4.78, 5) is 4.22. The molecule has 0 amide bonds. The third-order valence-corrected chi connectivity index (χ3v) is 4.67. The Kier molecular flexibility index (Phi) is 4.28. The molecular weight excluding hydrogens is 303 g/mol. The minimum absolute atomic E-state index is 0.353. The van der Waals surface area contributed by atoms with Crippen LogP contribution in [0.4, 0.5) is 5.82 Å². The van der Waals surface area contributed by atoms with E-state index in [1.807, 2.05) is 64.1 Å². The summed E-state index contributed by atoms with van der Waals surface area (Å²) in [5.41, 5.74) is 7.01. The Morgan fingerprint density at radius 2 is 1.71 bits per heavy atom. The molecule has 1 aromatic heterocycles. The van der Waals surface area contributed by atoms with Gasteiger partial charge in [-0.25, -0.2) is 4.98 Å². The van der Waals surface area contributed by atoms with Crippen LogP contribution >= 0.6 is 0 Å². The number of nitrogens with two attached hydrogens (primary N) is 1. The summed E-state index contributed by atoms with van der Waals surface area (Å²) >= 11 is 0. The molecule has 0 aliphatic carbocycles. The molecule has 3 rings (SSSR count). The van der Waals surface area contributed by atoms with E-state index in [0.717, 1.165) is 11.0 Å². The summed E-state index contributed by atoms with van der Waals surface area (Å²) in [7, 11) is -0.484. The van der Waals surface area contributed by atoms with Crippen LogP contribution in [0.1, 0.15) is 33.3 Å². The highest BCUT2D eigenvalue weighted by molar-refractivity contribution is 6.62. The highest BCUT2D eigenvalue weighted by Crippen LogP contribution is 2.36. The molecule has 5 nitrogen and oxygen atoms in total. The average molecular weight is 326 g/mol. The zero-order chi connectivity index (χ0) is 17.4. The lowest BCUT2D eigenvalue weighted by atomic mass is 9.80. The second-order valence-electron chi connectivity index (χ2n) is 7.01.